The van der Waals surface area contributed by atoms with Gasteiger partial charge in [-0.2, -0.15) is 0 Å². The minimum atomic E-state index is -0.730. The van der Waals surface area contributed by atoms with Crippen molar-refractivity contribution in [1.82, 2.24) is 20.5 Å². The van der Waals surface area contributed by atoms with Gasteiger partial charge in [0.15, 0.2) is 0 Å². The fourth-order valence-corrected chi connectivity index (χ4v) is 3.41. The Labute approximate surface area is 168 Å². The third-order valence-corrected chi connectivity index (χ3v) is 4.79. The SMILES string of the molecule is COC(=O)C1=C(C)NC(C)=C(C(=O)OCCN(C)C)C1c1cccc2nonc12. The van der Waals surface area contributed by atoms with Crippen LogP contribution in [-0.4, -0.2) is 61.5 Å². The Kier molecular flexibility index (Phi) is 5.97. The van der Waals surface area contributed by atoms with E-state index in [1.165, 1.54) is 7.11 Å². The highest BCUT2D eigenvalue weighted by atomic mass is 16.6. The number of allylic oxidation sites excluding steroid dienone is 2. The van der Waals surface area contributed by atoms with E-state index in [1.807, 2.05) is 19.0 Å². The highest BCUT2D eigenvalue weighted by Crippen LogP contribution is 2.41. The molecule has 0 amide bonds. The molecule has 0 bridgehead atoms. The van der Waals surface area contributed by atoms with Crippen molar-refractivity contribution in [2.75, 3.05) is 34.4 Å². The highest BCUT2D eigenvalue weighted by Gasteiger charge is 2.39. The molecule has 0 aliphatic carbocycles. The van der Waals surface area contributed by atoms with Crippen LogP contribution in [-0.2, 0) is 19.1 Å². The second-order valence-electron chi connectivity index (χ2n) is 7.05. The molecule has 3 rings (SSSR count). The summed E-state index contributed by atoms with van der Waals surface area (Å²) in [6.45, 7) is 4.34. The zero-order valence-corrected chi connectivity index (χ0v) is 17.1. The third-order valence-electron chi connectivity index (χ3n) is 4.79. The molecule has 0 fully saturated rings. The average molecular weight is 400 g/mol. The van der Waals surface area contributed by atoms with E-state index in [9.17, 15) is 9.59 Å². The summed E-state index contributed by atoms with van der Waals surface area (Å²) in [5, 5.41) is 11.0. The van der Waals surface area contributed by atoms with Crippen molar-refractivity contribution in [1.29, 1.82) is 0 Å². The molecule has 1 aliphatic heterocycles. The monoisotopic (exact) mass is 400 g/mol. The van der Waals surface area contributed by atoms with Crippen LogP contribution >= 0.6 is 0 Å². The lowest BCUT2D eigenvalue weighted by Crippen LogP contribution is -2.33. The van der Waals surface area contributed by atoms with E-state index in [2.05, 4.69) is 15.6 Å². The van der Waals surface area contributed by atoms with Crippen molar-refractivity contribution in [3.63, 3.8) is 0 Å². The zero-order chi connectivity index (χ0) is 21.1. The maximum absolute atomic E-state index is 13.0. The molecule has 1 atom stereocenters. The predicted molar refractivity (Wildman–Crippen MR) is 105 cm³/mol. The van der Waals surface area contributed by atoms with Gasteiger partial charge in [-0.25, -0.2) is 14.2 Å². The van der Waals surface area contributed by atoms with Gasteiger partial charge >= 0.3 is 11.9 Å². The van der Waals surface area contributed by atoms with Gasteiger partial charge in [-0.3, -0.25) is 0 Å². The first kappa shape index (κ1) is 20.5. The number of hydrogen-bond acceptors (Lipinski definition) is 9. The van der Waals surface area contributed by atoms with Gasteiger partial charge in [0.05, 0.1) is 24.2 Å². The Bertz CT molecular complexity index is 1010. The van der Waals surface area contributed by atoms with Gasteiger partial charge in [0.2, 0.25) is 0 Å². The molecule has 1 N–H and O–H groups in total. The van der Waals surface area contributed by atoms with E-state index in [-0.39, 0.29) is 6.61 Å². The van der Waals surface area contributed by atoms with Crippen LogP contribution < -0.4 is 5.32 Å². The summed E-state index contributed by atoms with van der Waals surface area (Å²) in [5.74, 6) is -1.78. The Morgan fingerprint density at radius 3 is 2.48 bits per heavy atom. The van der Waals surface area contributed by atoms with Crippen molar-refractivity contribution in [3.05, 3.63) is 46.3 Å². The number of ether oxygens (including phenoxy) is 2. The van der Waals surface area contributed by atoms with Crippen LogP contribution in [0.4, 0.5) is 0 Å². The highest BCUT2D eigenvalue weighted by molar-refractivity contribution is 6.01. The Balaban J connectivity index is 2.12. The van der Waals surface area contributed by atoms with Crippen LogP contribution in [0.3, 0.4) is 0 Å². The molecule has 1 aliphatic rings. The van der Waals surface area contributed by atoms with E-state index in [4.69, 9.17) is 14.1 Å². The Morgan fingerprint density at radius 2 is 1.83 bits per heavy atom. The van der Waals surface area contributed by atoms with E-state index in [1.54, 1.807) is 32.0 Å². The van der Waals surface area contributed by atoms with Crippen molar-refractivity contribution < 1.29 is 23.7 Å². The normalized spacial score (nSPS) is 17.0. The number of methoxy groups -OCH3 is 1. The summed E-state index contributed by atoms with van der Waals surface area (Å²) in [6, 6.07) is 5.31. The van der Waals surface area contributed by atoms with Crippen LogP contribution in [0, 0.1) is 0 Å². The topological polar surface area (TPSA) is 107 Å². The fourth-order valence-electron chi connectivity index (χ4n) is 3.41. The molecule has 9 heteroatoms. The summed E-state index contributed by atoms with van der Waals surface area (Å²) in [4.78, 5) is 27.6. The number of carbonyl (C=O) groups is 2. The lowest BCUT2D eigenvalue weighted by Gasteiger charge is -2.30. The minimum absolute atomic E-state index is 0.224. The van der Waals surface area contributed by atoms with Crippen LogP contribution in [0.1, 0.15) is 25.3 Å². The van der Waals surface area contributed by atoms with Crippen molar-refractivity contribution in [2.45, 2.75) is 19.8 Å². The Hall–Kier alpha value is -3.20. The number of fused-ring (bicyclic) bond motifs is 1. The largest absolute Gasteiger partial charge is 0.466 e. The van der Waals surface area contributed by atoms with Gasteiger partial charge in [-0.15, -0.1) is 0 Å². The van der Waals surface area contributed by atoms with Gasteiger partial charge in [-0.1, -0.05) is 12.1 Å². The first-order valence-electron chi connectivity index (χ1n) is 9.15. The summed E-state index contributed by atoms with van der Waals surface area (Å²) >= 11 is 0. The number of benzene rings is 1. The first-order chi connectivity index (χ1) is 13.8. The Morgan fingerprint density at radius 1 is 1.14 bits per heavy atom. The molecule has 29 heavy (non-hydrogen) atoms. The first-order valence-corrected chi connectivity index (χ1v) is 9.15. The predicted octanol–water partition coefficient (Wildman–Crippen LogP) is 1.74. The second kappa shape index (κ2) is 8.44. The summed E-state index contributed by atoms with van der Waals surface area (Å²) < 4.78 is 15.4. The number of dihydropyridines is 1. The maximum atomic E-state index is 13.0. The van der Waals surface area contributed by atoms with Gasteiger partial charge in [0, 0.05) is 17.9 Å². The molecular weight excluding hydrogens is 376 g/mol. The molecule has 1 aromatic carbocycles. The number of rotatable bonds is 6. The summed E-state index contributed by atoms with van der Waals surface area (Å²) in [5.41, 5.74) is 3.45. The van der Waals surface area contributed by atoms with Crippen LogP contribution in [0.25, 0.3) is 11.0 Å². The number of likely N-dealkylation sites (N-methyl/N-ethyl adjacent to an activating group) is 1. The van der Waals surface area contributed by atoms with E-state index >= 15 is 0 Å². The molecule has 1 aromatic heterocycles. The molecule has 154 valence electrons. The molecule has 2 aromatic rings. The smallest absolute Gasteiger partial charge is 0.336 e. The quantitative estimate of drug-likeness (QED) is 0.726. The number of aromatic nitrogens is 2. The van der Waals surface area contributed by atoms with Crippen molar-refractivity contribution in [3.8, 4) is 0 Å². The van der Waals surface area contributed by atoms with Crippen molar-refractivity contribution in [2.24, 2.45) is 0 Å². The van der Waals surface area contributed by atoms with Gasteiger partial charge in [0.1, 0.15) is 17.6 Å². The molecule has 0 spiro atoms. The average Bonchev–Trinajstić information content (AvgIpc) is 3.15. The standard InChI is InChI=1S/C20H24N4O5/c1-11-15(19(25)27-5)17(13-7-6-8-14-18(13)23-29-22-14)16(12(2)21-11)20(26)28-10-9-24(3)4/h6-8,17,21H,9-10H2,1-5H3. The van der Waals surface area contributed by atoms with Crippen molar-refractivity contribution >= 4 is 23.0 Å². The molecule has 1 unspecified atom stereocenters. The lowest BCUT2D eigenvalue weighted by atomic mass is 9.80. The number of hydrogen-bond donors (Lipinski definition) is 1. The van der Waals surface area contributed by atoms with Crippen LogP contribution in [0.5, 0.6) is 0 Å². The number of esters is 2. The van der Waals surface area contributed by atoms with Gasteiger partial charge in [-0.05, 0) is 49.9 Å². The van der Waals surface area contributed by atoms with E-state index in [0.717, 1.165) is 0 Å². The number of carbonyl (C=O) groups excluding carboxylic acids is 2. The molecule has 2 heterocycles. The maximum Gasteiger partial charge on any atom is 0.336 e. The summed E-state index contributed by atoms with van der Waals surface area (Å²) in [6.07, 6.45) is 0. The van der Waals surface area contributed by atoms with E-state index < -0.39 is 17.9 Å². The van der Waals surface area contributed by atoms with Crippen LogP contribution in [0.2, 0.25) is 0 Å². The molecule has 0 saturated heterocycles. The molecule has 9 nitrogen and oxygen atoms in total. The number of nitrogens with zero attached hydrogens (tertiary/aromatic N) is 3. The molecular formula is C20H24N4O5. The fraction of sp³-hybridized carbons (Fsp3) is 0.400. The van der Waals surface area contributed by atoms with Gasteiger partial charge < -0.3 is 19.7 Å². The second-order valence-corrected chi connectivity index (χ2v) is 7.05. The lowest BCUT2D eigenvalue weighted by molar-refractivity contribution is -0.139. The molecule has 0 saturated carbocycles. The molecule has 0 radical (unpaired) electrons. The zero-order valence-electron chi connectivity index (χ0n) is 17.1. The third kappa shape index (κ3) is 4.00. The minimum Gasteiger partial charge on any atom is -0.466 e. The summed E-state index contributed by atoms with van der Waals surface area (Å²) in [7, 11) is 5.09. The van der Waals surface area contributed by atoms with Crippen LogP contribution in [0.15, 0.2) is 45.4 Å². The number of nitrogens with one attached hydrogen (secondary N) is 1. The van der Waals surface area contributed by atoms with E-state index in [0.29, 0.717) is 45.7 Å². The van der Waals surface area contributed by atoms with Gasteiger partial charge in [0.25, 0.3) is 0 Å².